The zero-order valence-corrected chi connectivity index (χ0v) is 13.6. The molecule has 1 heterocycles. The van der Waals surface area contributed by atoms with Gasteiger partial charge in [-0.3, -0.25) is 4.79 Å². The van der Waals surface area contributed by atoms with Crippen LogP contribution in [0.15, 0.2) is 30.3 Å². The summed E-state index contributed by atoms with van der Waals surface area (Å²) in [5, 5.41) is 2.94. The van der Waals surface area contributed by atoms with Crippen molar-refractivity contribution in [2.45, 2.75) is 26.9 Å². The van der Waals surface area contributed by atoms with Crippen LogP contribution in [0.4, 0.5) is 0 Å². The second-order valence-corrected chi connectivity index (χ2v) is 5.63. The number of carbonyl (C=O) groups is 1. The van der Waals surface area contributed by atoms with E-state index in [0.29, 0.717) is 18.1 Å². The van der Waals surface area contributed by atoms with Gasteiger partial charge in [-0.25, -0.2) is 9.97 Å². The van der Waals surface area contributed by atoms with Gasteiger partial charge in [0.2, 0.25) is 0 Å². The Labute approximate surface area is 131 Å². The average Bonchev–Trinajstić information content (AvgIpc) is 2.44. The van der Waals surface area contributed by atoms with Crippen LogP contribution in [-0.4, -0.2) is 34.9 Å². The number of benzene rings is 1. The van der Waals surface area contributed by atoms with Crippen molar-refractivity contribution in [1.82, 2.24) is 20.2 Å². The summed E-state index contributed by atoms with van der Waals surface area (Å²) >= 11 is 0. The maximum atomic E-state index is 12.2. The lowest BCUT2D eigenvalue weighted by Crippen LogP contribution is -2.25. The van der Waals surface area contributed by atoms with Crippen LogP contribution in [0.5, 0.6) is 0 Å². The van der Waals surface area contributed by atoms with E-state index in [1.165, 1.54) is 5.56 Å². The second-order valence-electron chi connectivity index (χ2n) is 5.63. The van der Waals surface area contributed by atoms with E-state index >= 15 is 0 Å². The van der Waals surface area contributed by atoms with Gasteiger partial charge in [0.1, 0.15) is 11.5 Å². The van der Waals surface area contributed by atoms with Gasteiger partial charge in [0.25, 0.3) is 5.91 Å². The van der Waals surface area contributed by atoms with Gasteiger partial charge in [0.15, 0.2) is 0 Å². The topological polar surface area (TPSA) is 58.1 Å². The maximum Gasteiger partial charge on any atom is 0.270 e. The third-order valence-corrected chi connectivity index (χ3v) is 3.24. The molecule has 0 saturated heterocycles. The molecule has 22 heavy (non-hydrogen) atoms. The summed E-state index contributed by atoms with van der Waals surface area (Å²) < 4.78 is 0. The molecule has 0 spiro atoms. The molecule has 1 aromatic heterocycles. The molecule has 1 amide bonds. The van der Waals surface area contributed by atoms with E-state index in [2.05, 4.69) is 26.3 Å². The van der Waals surface area contributed by atoms with Gasteiger partial charge in [-0.2, -0.15) is 0 Å². The summed E-state index contributed by atoms with van der Waals surface area (Å²) in [7, 11) is 4.06. The van der Waals surface area contributed by atoms with Crippen molar-refractivity contribution >= 4 is 5.91 Å². The molecular formula is C17H22N4O. The van der Waals surface area contributed by atoms with E-state index in [9.17, 15) is 4.79 Å². The Hall–Kier alpha value is -2.27. The first-order chi connectivity index (χ1) is 10.5. The molecule has 0 aliphatic rings. The number of amides is 1. The minimum Gasteiger partial charge on any atom is -0.347 e. The molecule has 0 unspecified atom stereocenters. The third-order valence-electron chi connectivity index (χ3n) is 3.24. The monoisotopic (exact) mass is 298 g/mol. The highest BCUT2D eigenvalue weighted by Gasteiger charge is 2.10. The normalized spacial score (nSPS) is 10.8. The molecule has 5 nitrogen and oxygen atoms in total. The Balaban J connectivity index is 2.08. The highest BCUT2D eigenvalue weighted by molar-refractivity contribution is 5.92. The van der Waals surface area contributed by atoms with Gasteiger partial charge in [0.05, 0.1) is 0 Å². The fourth-order valence-corrected chi connectivity index (χ4v) is 2.32. The number of carbonyl (C=O) groups excluding carboxylic acids is 1. The van der Waals surface area contributed by atoms with Crippen molar-refractivity contribution in [2.75, 3.05) is 14.1 Å². The molecule has 2 rings (SSSR count). The van der Waals surface area contributed by atoms with Crippen molar-refractivity contribution in [2.24, 2.45) is 0 Å². The number of nitrogens with one attached hydrogen (secondary N) is 1. The van der Waals surface area contributed by atoms with Crippen molar-refractivity contribution in [3.63, 3.8) is 0 Å². The van der Waals surface area contributed by atoms with Gasteiger partial charge >= 0.3 is 0 Å². The zero-order chi connectivity index (χ0) is 16.1. The van der Waals surface area contributed by atoms with E-state index in [-0.39, 0.29) is 5.91 Å². The Kier molecular flexibility index (Phi) is 5.22. The maximum absolute atomic E-state index is 12.2. The predicted molar refractivity (Wildman–Crippen MR) is 86.5 cm³/mol. The van der Waals surface area contributed by atoms with Crippen LogP contribution < -0.4 is 5.32 Å². The van der Waals surface area contributed by atoms with Crippen LogP contribution in [0.2, 0.25) is 0 Å². The van der Waals surface area contributed by atoms with Crippen LogP contribution in [0, 0.1) is 13.8 Å². The molecule has 116 valence electrons. The lowest BCUT2D eigenvalue weighted by molar-refractivity contribution is 0.0945. The second kappa shape index (κ2) is 7.13. The van der Waals surface area contributed by atoms with Crippen molar-refractivity contribution in [3.05, 3.63) is 58.7 Å². The summed E-state index contributed by atoms with van der Waals surface area (Å²) in [4.78, 5) is 22.7. The summed E-state index contributed by atoms with van der Waals surface area (Å²) in [6.45, 7) is 4.98. The van der Waals surface area contributed by atoms with Gasteiger partial charge < -0.3 is 10.2 Å². The number of rotatable bonds is 5. The van der Waals surface area contributed by atoms with Crippen molar-refractivity contribution in [1.29, 1.82) is 0 Å². The first-order valence-electron chi connectivity index (χ1n) is 7.27. The quantitative estimate of drug-likeness (QED) is 0.918. The van der Waals surface area contributed by atoms with Gasteiger partial charge in [-0.15, -0.1) is 0 Å². The third kappa shape index (κ3) is 4.36. The molecule has 0 aliphatic heterocycles. The molecule has 0 bridgehead atoms. The van der Waals surface area contributed by atoms with E-state index in [1.807, 2.05) is 39.2 Å². The summed E-state index contributed by atoms with van der Waals surface area (Å²) in [5.41, 5.74) is 3.54. The molecule has 1 aromatic carbocycles. The van der Waals surface area contributed by atoms with E-state index in [0.717, 1.165) is 17.8 Å². The lowest BCUT2D eigenvalue weighted by atomic mass is 10.1. The average molecular weight is 298 g/mol. The summed E-state index contributed by atoms with van der Waals surface area (Å²) in [6.07, 6.45) is 0. The van der Waals surface area contributed by atoms with Crippen LogP contribution >= 0.6 is 0 Å². The summed E-state index contributed by atoms with van der Waals surface area (Å²) in [6, 6.07) is 9.82. The zero-order valence-electron chi connectivity index (χ0n) is 13.6. The molecular weight excluding hydrogens is 276 g/mol. The number of hydrogen-bond acceptors (Lipinski definition) is 4. The van der Waals surface area contributed by atoms with Crippen molar-refractivity contribution in [3.8, 4) is 0 Å². The first kappa shape index (κ1) is 16.1. The predicted octanol–water partition coefficient (Wildman–Crippen LogP) is 2.09. The van der Waals surface area contributed by atoms with Crippen LogP contribution in [-0.2, 0) is 13.1 Å². The fourth-order valence-electron chi connectivity index (χ4n) is 2.32. The molecule has 0 fully saturated rings. The van der Waals surface area contributed by atoms with Crippen molar-refractivity contribution < 1.29 is 4.79 Å². The largest absolute Gasteiger partial charge is 0.347 e. The molecule has 2 aromatic rings. The number of aromatic nitrogens is 2. The van der Waals surface area contributed by atoms with E-state index < -0.39 is 0 Å². The Bertz CT molecular complexity index is 647. The molecule has 0 radical (unpaired) electrons. The SMILES string of the molecule is Cc1cc(C(=O)NCc2ccccc2CN(C)C)nc(C)n1. The van der Waals surface area contributed by atoms with Gasteiger partial charge in [0, 0.05) is 18.8 Å². The molecule has 5 heteroatoms. The van der Waals surface area contributed by atoms with Gasteiger partial charge in [-0.1, -0.05) is 24.3 Å². The Morgan fingerprint density at radius 1 is 1.14 bits per heavy atom. The van der Waals surface area contributed by atoms with E-state index in [4.69, 9.17) is 0 Å². The molecule has 1 N–H and O–H groups in total. The Morgan fingerprint density at radius 3 is 2.45 bits per heavy atom. The lowest BCUT2D eigenvalue weighted by Gasteiger charge is -2.14. The number of hydrogen-bond donors (Lipinski definition) is 1. The smallest absolute Gasteiger partial charge is 0.270 e. The van der Waals surface area contributed by atoms with Crippen LogP contribution in [0.1, 0.15) is 33.1 Å². The van der Waals surface area contributed by atoms with Gasteiger partial charge in [-0.05, 0) is 45.1 Å². The van der Waals surface area contributed by atoms with Crippen LogP contribution in [0.25, 0.3) is 0 Å². The minimum absolute atomic E-state index is 0.173. The highest BCUT2D eigenvalue weighted by Crippen LogP contribution is 2.10. The number of aryl methyl sites for hydroxylation is 2. The number of nitrogens with zero attached hydrogens (tertiary/aromatic N) is 3. The highest BCUT2D eigenvalue weighted by atomic mass is 16.1. The van der Waals surface area contributed by atoms with E-state index in [1.54, 1.807) is 13.0 Å². The Morgan fingerprint density at radius 2 is 1.82 bits per heavy atom. The summed E-state index contributed by atoms with van der Waals surface area (Å²) in [5.74, 6) is 0.436. The fraction of sp³-hybridized carbons (Fsp3) is 0.353. The first-order valence-corrected chi connectivity index (χ1v) is 7.27. The minimum atomic E-state index is -0.173. The van der Waals surface area contributed by atoms with Crippen LogP contribution in [0.3, 0.4) is 0 Å². The molecule has 0 saturated carbocycles. The molecule has 0 aliphatic carbocycles. The molecule has 0 atom stereocenters. The standard InChI is InChI=1S/C17H22N4O/c1-12-9-16(20-13(2)19-12)17(22)18-10-14-7-5-6-8-15(14)11-21(3)4/h5-9H,10-11H2,1-4H3,(H,18,22).